The van der Waals surface area contributed by atoms with Crippen molar-refractivity contribution in [3.8, 4) is 0 Å². The Balaban J connectivity index is 0.000000166. The van der Waals surface area contributed by atoms with E-state index in [4.69, 9.17) is 37.8 Å². The molecule has 47 heavy (non-hydrogen) atoms. The summed E-state index contributed by atoms with van der Waals surface area (Å²) < 4.78 is 54.5. The highest BCUT2D eigenvalue weighted by molar-refractivity contribution is 5.66. The molecule has 0 aliphatic carbocycles. The van der Waals surface area contributed by atoms with Crippen LogP contribution in [0.25, 0.3) is 20.7 Å². The molecule has 4 aromatic rings. The summed E-state index contributed by atoms with van der Waals surface area (Å²) in [5.74, 6) is -2.10. The minimum atomic E-state index is -2.01. The summed E-state index contributed by atoms with van der Waals surface area (Å²) in [7, 11) is 0. The first-order valence-electron chi connectivity index (χ1n) is 14.5. The standard InChI is InChI=1S/C17H19FN4O3.C12H12FN5O4/c1-6-17(19-5)15-14(23-16(3,4)25-15)13(24-17)11-7-10(18)12-9(2)20-8-21-22(11)12;1-15-12(3-19)10(21)8(20)9(22-12)6-2-5(13)7-11(14)16-4-17-18(6)7/h7-8,13-15H,6H2,1-4H3;2,4,8-10,19-21H,3H2,(H2,14,16,17)/t13-,14-,15-,17+;8-,9-,10-,12+/m00/s1. The van der Waals surface area contributed by atoms with Gasteiger partial charge in [-0.05, 0) is 20.8 Å². The van der Waals surface area contributed by atoms with Crippen LogP contribution in [0.2, 0.25) is 0 Å². The molecule has 18 heteroatoms. The molecule has 0 bridgehead atoms. The first-order valence-corrected chi connectivity index (χ1v) is 14.5. The fourth-order valence-electron chi connectivity index (χ4n) is 6.30. The van der Waals surface area contributed by atoms with Crippen molar-refractivity contribution in [2.75, 3.05) is 12.3 Å². The number of aryl methyl sites for hydroxylation is 1. The Labute approximate surface area is 265 Å². The number of ether oxygens (including phenoxy) is 4. The molecule has 4 aromatic heterocycles. The van der Waals surface area contributed by atoms with Gasteiger partial charge < -0.3 is 30.5 Å². The van der Waals surface area contributed by atoms with Crippen molar-refractivity contribution in [3.63, 3.8) is 0 Å². The zero-order chi connectivity index (χ0) is 34.1. The van der Waals surface area contributed by atoms with Crippen LogP contribution in [0.5, 0.6) is 0 Å². The smallest absolute Gasteiger partial charge is 0.387 e. The monoisotopic (exact) mass is 655 g/mol. The summed E-state index contributed by atoms with van der Waals surface area (Å²) in [6.45, 7) is 21.1. The maximum absolute atomic E-state index is 14.5. The molecule has 3 aliphatic heterocycles. The molecular formula is C29H31F2N9O7. The Morgan fingerprint density at radius 3 is 2.09 bits per heavy atom. The second kappa shape index (κ2) is 11.4. The molecule has 7 heterocycles. The summed E-state index contributed by atoms with van der Waals surface area (Å²) in [5.41, 5.74) is 3.68. The van der Waals surface area contributed by atoms with E-state index in [0.29, 0.717) is 23.3 Å². The topological polar surface area (TPSA) is 193 Å². The average molecular weight is 656 g/mol. The number of fused-ring (bicyclic) bond motifs is 3. The molecule has 8 atom stereocenters. The van der Waals surface area contributed by atoms with Crippen LogP contribution in [0.3, 0.4) is 0 Å². The van der Waals surface area contributed by atoms with Crippen molar-refractivity contribution in [3.05, 3.63) is 76.3 Å². The number of anilines is 1. The fraction of sp³-hybridized carbons (Fsp3) is 0.517. The van der Waals surface area contributed by atoms with Crippen LogP contribution < -0.4 is 5.73 Å². The lowest BCUT2D eigenvalue weighted by molar-refractivity contribution is -0.202. The minimum Gasteiger partial charge on any atom is -0.387 e. The number of rotatable bonds is 4. The summed E-state index contributed by atoms with van der Waals surface area (Å²) in [4.78, 5) is 14.5. The van der Waals surface area contributed by atoms with Gasteiger partial charge in [-0.3, -0.25) is 19.2 Å². The van der Waals surface area contributed by atoms with Crippen LogP contribution in [-0.4, -0.2) is 92.8 Å². The van der Waals surface area contributed by atoms with E-state index in [-0.39, 0.29) is 17.0 Å². The second-order valence-electron chi connectivity index (χ2n) is 11.8. The molecular weight excluding hydrogens is 624 g/mol. The molecule has 7 rings (SSSR count). The van der Waals surface area contributed by atoms with Crippen molar-refractivity contribution >= 4 is 16.9 Å². The number of halogens is 2. The number of nitrogens with two attached hydrogens (primary N) is 1. The van der Waals surface area contributed by atoms with Crippen molar-refractivity contribution in [2.45, 2.75) is 88.0 Å². The van der Waals surface area contributed by atoms with Crippen LogP contribution in [-0.2, 0) is 18.9 Å². The first kappa shape index (κ1) is 32.5. The molecule has 3 fully saturated rings. The molecule has 0 aromatic carbocycles. The Hall–Kier alpha value is -4.40. The molecule has 3 saturated heterocycles. The Morgan fingerprint density at radius 2 is 1.49 bits per heavy atom. The van der Waals surface area contributed by atoms with E-state index in [1.165, 1.54) is 16.9 Å². The van der Waals surface area contributed by atoms with Gasteiger partial charge in [0.2, 0.25) is 0 Å². The molecule has 16 nitrogen and oxygen atoms in total. The molecule has 0 unspecified atom stereocenters. The highest BCUT2D eigenvalue weighted by Gasteiger charge is 2.68. The first-order chi connectivity index (χ1) is 22.3. The Morgan fingerprint density at radius 1 is 0.915 bits per heavy atom. The number of nitrogen functional groups attached to an aromatic ring is 1. The predicted molar refractivity (Wildman–Crippen MR) is 155 cm³/mol. The van der Waals surface area contributed by atoms with Gasteiger partial charge >= 0.3 is 11.4 Å². The maximum atomic E-state index is 14.5. The van der Waals surface area contributed by atoms with Gasteiger partial charge in [-0.15, -0.1) is 0 Å². The third-order valence-corrected chi connectivity index (χ3v) is 8.61. The van der Waals surface area contributed by atoms with Crippen LogP contribution in [0, 0.1) is 31.7 Å². The van der Waals surface area contributed by atoms with Gasteiger partial charge in [0.15, 0.2) is 42.1 Å². The SMILES string of the molecule is [C-]#[N+][C@]1(CC)O[C@@H](c2cc(F)c3c(C)ncnn23)[C@@H]2OC(C)(C)O[C@@H]21.[C-]#[N+][C@]1(CO)O[C@@H](c2cc(F)c3c(N)ncnn23)[C@H](O)[C@@H]1O. The zero-order valence-electron chi connectivity index (χ0n) is 25.6. The van der Waals surface area contributed by atoms with Crippen molar-refractivity contribution < 1.29 is 43.0 Å². The van der Waals surface area contributed by atoms with E-state index >= 15 is 0 Å². The van der Waals surface area contributed by atoms with Crippen LogP contribution >= 0.6 is 0 Å². The third kappa shape index (κ3) is 4.88. The van der Waals surface area contributed by atoms with E-state index in [0.717, 1.165) is 16.9 Å². The van der Waals surface area contributed by atoms with Gasteiger partial charge in [-0.25, -0.2) is 40.9 Å². The zero-order valence-corrected chi connectivity index (χ0v) is 25.6. The van der Waals surface area contributed by atoms with Crippen molar-refractivity contribution in [1.29, 1.82) is 0 Å². The van der Waals surface area contributed by atoms with Crippen LogP contribution in [0.4, 0.5) is 14.6 Å². The summed E-state index contributed by atoms with van der Waals surface area (Å²) >= 11 is 0. The van der Waals surface area contributed by atoms with E-state index in [1.54, 1.807) is 20.8 Å². The Kier molecular flexibility index (Phi) is 7.88. The van der Waals surface area contributed by atoms with Gasteiger partial charge in [-0.1, -0.05) is 6.92 Å². The number of nitrogens with zero attached hydrogens (tertiary/aromatic N) is 8. The predicted octanol–water partition coefficient (Wildman–Crippen LogP) is 1.65. The molecule has 3 aliphatic rings. The third-order valence-electron chi connectivity index (χ3n) is 8.61. The molecule has 248 valence electrons. The lowest BCUT2D eigenvalue weighted by Crippen LogP contribution is -2.43. The number of aliphatic hydroxyl groups is 3. The van der Waals surface area contributed by atoms with E-state index < -0.39 is 72.1 Å². The van der Waals surface area contributed by atoms with Gasteiger partial charge in [0.05, 0.1) is 23.5 Å². The quantitative estimate of drug-likeness (QED) is 0.233. The molecule has 0 radical (unpaired) electrons. The van der Waals surface area contributed by atoms with Crippen LogP contribution in [0.15, 0.2) is 24.8 Å². The van der Waals surface area contributed by atoms with E-state index in [9.17, 15) is 24.1 Å². The fourth-order valence-corrected chi connectivity index (χ4v) is 6.30. The van der Waals surface area contributed by atoms with E-state index in [1.807, 2.05) is 6.92 Å². The summed E-state index contributed by atoms with van der Waals surface area (Å²) in [6.07, 6.45) is -3.29. The van der Waals surface area contributed by atoms with Gasteiger partial charge in [-0.2, -0.15) is 10.2 Å². The number of aliphatic hydroxyl groups excluding tert-OH is 3. The van der Waals surface area contributed by atoms with E-state index in [2.05, 4.69) is 29.9 Å². The molecule has 0 saturated carbocycles. The summed E-state index contributed by atoms with van der Waals surface area (Å²) in [6, 6.07) is 2.40. The van der Waals surface area contributed by atoms with Gasteiger partial charge in [0, 0.05) is 12.1 Å². The molecule has 0 amide bonds. The maximum Gasteiger partial charge on any atom is 0.389 e. The van der Waals surface area contributed by atoms with Gasteiger partial charge in [0.1, 0.15) is 48.1 Å². The van der Waals surface area contributed by atoms with Gasteiger partial charge in [0.25, 0.3) is 0 Å². The largest absolute Gasteiger partial charge is 0.389 e. The van der Waals surface area contributed by atoms with Crippen molar-refractivity contribution in [1.82, 2.24) is 29.2 Å². The highest BCUT2D eigenvalue weighted by Crippen LogP contribution is 2.52. The normalized spacial score (nSPS) is 32.6. The lowest BCUT2D eigenvalue weighted by Gasteiger charge is -2.25. The molecule has 0 spiro atoms. The number of hydrogen-bond acceptors (Lipinski definition) is 12. The number of aromatic nitrogens is 6. The highest BCUT2D eigenvalue weighted by atomic mass is 19.1. The van der Waals surface area contributed by atoms with Crippen LogP contribution in [0.1, 0.15) is 56.5 Å². The molecule has 5 N–H and O–H groups in total. The summed E-state index contributed by atoms with van der Waals surface area (Å²) in [5, 5.41) is 37.4. The second-order valence-corrected chi connectivity index (χ2v) is 11.8. The van der Waals surface area contributed by atoms with Crippen molar-refractivity contribution in [2.24, 2.45) is 0 Å². The number of hydrogen-bond donors (Lipinski definition) is 4. The lowest BCUT2D eigenvalue weighted by atomic mass is 10.00. The Bertz CT molecular complexity index is 1940. The average Bonchev–Trinajstić information content (AvgIpc) is 3.80. The minimum absolute atomic E-state index is 0.0483.